The van der Waals surface area contributed by atoms with Gasteiger partial charge in [-0.2, -0.15) is 0 Å². The van der Waals surface area contributed by atoms with Crippen molar-refractivity contribution in [2.45, 2.75) is 0 Å². The van der Waals surface area contributed by atoms with Crippen LogP contribution in [0.2, 0.25) is 0 Å². The molecule has 0 bridgehead atoms. The van der Waals surface area contributed by atoms with Crippen LogP contribution in [0.4, 0.5) is 0 Å². The lowest BCUT2D eigenvalue weighted by Crippen LogP contribution is -2.23. The first kappa shape index (κ1) is 14.3. The van der Waals surface area contributed by atoms with Crippen LogP contribution in [0.5, 0.6) is 11.8 Å². The summed E-state index contributed by atoms with van der Waals surface area (Å²) < 4.78 is -0.0478. The fourth-order valence-electron chi connectivity index (χ4n) is 1.44. The molecule has 0 fully saturated rings. The van der Waals surface area contributed by atoms with Gasteiger partial charge in [-0.05, 0) is 24.4 Å². The van der Waals surface area contributed by atoms with Crippen molar-refractivity contribution in [1.82, 2.24) is 19.9 Å². The van der Waals surface area contributed by atoms with Crippen LogP contribution in [0.15, 0.2) is 20.1 Å². The normalized spacial score (nSPS) is 9.90. The molecule has 2 rings (SSSR count). The Morgan fingerprint density at radius 3 is 1.90 bits per heavy atom. The van der Waals surface area contributed by atoms with Gasteiger partial charge in [0.15, 0.2) is 4.77 Å². The maximum atomic E-state index is 11.5. The van der Waals surface area contributed by atoms with Crippen molar-refractivity contribution in [2.75, 3.05) is 0 Å². The molecule has 0 unspecified atom stereocenters. The van der Waals surface area contributed by atoms with Gasteiger partial charge in [0.25, 0.3) is 11.1 Å². The molecule has 10 heteroatoms. The third kappa shape index (κ3) is 3.08. The summed E-state index contributed by atoms with van der Waals surface area (Å²) in [5.41, 5.74) is -0.336. The second-order valence-electron chi connectivity index (χ2n) is 3.80. The molecular weight excluding hydrogens is 300 g/mol. The van der Waals surface area contributed by atoms with Gasteiger partial charge in [-0.25, -0.2) is 4.79 Å². The van der Waals surface area contributed by atoms with Crippen LogP contribution in [0.3, 0.4) is 0 Å². The first-order valence-electron chi connectivity index (χ1n) is 5.42. The van der Waals surface area contributed by atoms with Crippen molar-refractivity contribution >= 4 is 24.4 Å². The first-order chi connectivity index (χ1) is 9.88. The molecule has 108 valence electrons. The zero-order chi connectivity index (χ0) is 15.6. The largest absolute Gasteiger partial charge is 0.494 e. The third-order valence-electron chi connectivity index (χ3n) is 2.37. The Bertz CT molecular complexity index is 910. The van der Waals surface area contributed by atoms with E-state index in [-0.39, 0.29) is 15.9 Å². The third-order valence-corrected chi connectivity index (χ3v) is 2.58. The summed E-state index contributed by atoms with van der Waals surface area (Å²) in [5.74, 6) is -1.11. The van der Waals surface area contributed by atoms with Crippen LogP contribution < -0.4 is 16.8 Å². The Morgan fingerprint density at radius 2 is 1.38 bits per heavy atom. The van der Waals surface area contributed by atoms with Gasteiger partial charge < -0.3 is 15.2 Å². The highest BCUT2D eigenvalue weighted by Crippen LogP contribution is 2.10. The lowest BCUT2D eigenvalue weighted by Gasteiger charge is -1.96. The summed E-state index contributed by atoms with van der Waals surface area (Å²) in [7, 11) is 0. The lowest BCUT2D eigenvalue weighted by molar-refractivity contribution is 0.447. The van der Waals surface area contributed by atoms with Crippen LogP contribution >= 0.6 is 12.2 Å². The van der Waals surface area contributed by atoms with Crippen LogP contribution in [0.25, 0.3) is 12.2 Å². The number of aromatic hydroxyl groups is 2. The number of hydrogen-bond acceptors (Lipinski definition) is 6. The van der Waals surface area contributed by atoms with Gasteiger partial charge >= 0.3 is 5.69 Å². The van der Waals surface area contributed by atoms with Crippen molar-refractivity contribution in [3.63, 3.8) is 0 Å². The summed E-state index contributed by atoms with van der Waals surface area (Å²) in [6, 6.07) is 0. The molecule has 2 heterocycles. The Morgan fingerprint density at radius 1 is 0.857 bits per heavy atom. The quantitative estimate of drug-likeness (QED) is 0.326. The summed E-state index contributed by atoms with van der Waals surface area (Å²) in [6.45, 7) is 0. The second-order valence-corrected chi connectivity index (χ2v) is 4.20. The van der Waals surface area contributed by atoms with Gasteiger partial charge in [0.05, 0.1) is 0 Å². The van der Waals surface area contributed by atoms with Crippen LogP contribution in [-0.4, -0.2) is 30.1 Å². The molecule has 9 nitrogen and oxygen atoms in total. The molecule has 0 saturated carbocycles. The average Bonchev–Trinajstić information content (AvgIpc) is 2.34. The molecular formula is C11H8N4O5S. The SMILES string of the molecule is O=c1[nH]c(O)c(C=C=Cc2c(O)[nH]c(=S)[nH]c2=O)c(=O)[nH]1. The molecule has 2 aromatic rings. The molecule has 0 aliphatic carbocycles. The van der Waals surface area contributed by atoms with E-state index < -0.39 is 28.6 Å². The van der Waals surface area contributed by atoms with Crippen LogP contribution in [0, 0.1) is 4.77 Å². The summed E-state index contributed by atoms with van der Waals surface area (Å²) in [6.07, 6.45) is 2.11. The van der Waals surface area contributed by atoms with Crippen molar-refractivity contribution in [3.05, 3.63) is 52.8 Å². The minimum Gasteiger partial charge on any atom is -0.494 e. The first-order valence-corrected chi connectivity index (χ1v) is 5.83. The monoisotopic (exact) mass is 308 g/mol. The Balaban J connectivity index is 2.53. The number of hydrogen-bond donors (Lipinski definition) is 6. The van der Waals surface area contributed by atoms with Gasteiger partial charge in [0.2, 0.25) is 11.8 Å². The molecule has 2 aromatic heterocycles. The van der Waals surface area contributed by atoms with E-state index in [2.05, 4.69) is 27.9 Å². The minimum absolute atomic E-state index is 0.0478. The smallest absolute Gasteiger partial charge is 0.328 e. The second kappa shape index (κ2) is 5.49. The van der Waals surface area contributed by atoms with Gasteiger partial charge in [-0.15, -0.1) is 5.73 Å². The van der Waals surface area contributed by atoms with E-state index in [9.17, 15) is 24.6 Å². The van der Waals surface area contributed by atoms with Gasteiger partial charge in [-0.3, -0.25) is 24.5 Å². The number of aromatic amines is 4. The highest BCUT2D eigenvalue weighted by atomic mass is 32.1. The molecule has 0 aromatic carbocycles. The van der Waals surface area contributed by atoms with Crippen molar-refractivity contribution in [1.29, 1.82) is 0 Å². The lowest BCUT2D eigenvalue weighted by atomic mass is 10.2. The Labute approximate surface area is 120 Å². The van der Waals surface area contributed by atoms with Crippen molar-refractivity contribution in [2.24, 2.45) is 0 Å². The standard InChI is InChI=1S/C11H8N4O5S/c16-6-4(7(17)13-10(20)12-6)2-1-3-5-8(18)14-11(21)15-9(5)19/h2-3H,(H3,12,13,16,17,20)(H3,14,15,18,19,21). The van der Waals surface area contributed by atoms with E-state index in [1.165, 1.54) is 0 Å². The van der Waals surface area contributed by atoms with E-state index in [0.717, 1.165) is 12.2 Å². The molecule has 0 atom stereocenters. The summed E-state index contributed by atoms with van der Waals surface area (Å²) >= 11 is 4.66. The zero-order valence-corrected chi connectivity index (χ0v) is 11.0. The maximum Gasteiger partial charge on any atom is 0.328 e. The van der Waals surface area contributed by atoms with E-state index in [1.54, 1.807) is 0 Å². The summed E-state index contributed by atoms with van der Waals surface area (Å²) in [5, 5.41) is 18.9. The topological polar surface area (TPSA) is 155 Å². The molecule has 0 radical (unpaired) electrons. The van der Waals surface area contributed by atoms with Crippen molar-refractivity contribution < 1.29 is 10.2 Å². The van der Waals surface area contributed by atoms with E-state index >= 15 is 0 Å². The fourth-order valence-corrected chi connectivity index (χ4v) is 1.63. The highest BCUT2D eigenvalue weighted by molar-refractivity contribution is 7.71. The molecule has 0 aliphatic rings. The molecule has 21 heavy (non-hydrogen) atoms. The van der Waals surface area contributed by atoms with Gasteiger partial charge in [0.1, 0.15) is 11.1 Å². The zero-order valence-electron chi connectivity index (χ0n) is 10.2. The van der Waals surface area contributed by atoms with Gasteiger partial charge in [-0.1, -0.05) is 0 Å². The van der Waals surface area contributed by atoms with E-state index in [0.29, 0.717) is 0 Å². The molecule has 0 saturated heterocycles. The predicted octanol–water partition coefficient (Wildman–Crippen LogP) is -0.454. The highest BCUT2D eigenvalue weighted by Gasteiger charge is 2.05. The predicted molar refractivity (Wildman–Crippen MR) is 75.7 cm³/mol. The minimum atomic E-state index is -0.858. The molecule has 0 aliphatic heterocycles. The molecule has 0 spiro atoms. The summed E-state index contributed by atoms with van der Waals surface area (Å²) in [4.78, 5) is 42.3. The number of H-pyrrole nitrogens is 4. The molecule has 0 amide bonds. The van der Waals surface area contributed by atoms with Crippen LogP contribution in [-0.2, 0) is 0 Å². The fraction of sp³-hybridized carbons (Fsp3) is 0. The Hall–Kier alpha value is -3.10. The van der Waals surface area contributed by atoms with Gasteiger partial charge in [0, 0.05) is 0 Å². The van der Waals surface area contributed by atoms with E-state index in [4.69, 9.17) is 0 Å². The average molecular weight is 308 g/mol. The number of nitrogens with one attached hydrogen (secondary N) is 4. The van der Waals surface area contributed by atoms with Crippen molar-refractivity contribution in [3.8, 4) is 11.8 Å². The van der Waals surface area contributed by atoms with E-state index in [1.807, 2.05) is 9.97 Å². The number of rotatable bonds is 2. The number of aromatic nitrogens is 4. The van der Waals surface area contributed by atoms with Crippen LogP contribution in [0.1, 0.15) is 11.1 Å². The maximum absolute atomic E-state index is 11.5. The Kier molecular flexibility index (Phi) is 3.74. The molecule has 6 N–H and O–H groups in total.